The molecule has 6 heteroatoms. The van der Waals surface area contributed by atoms with Gasteiger partial charge in [-0.05, 0) is 12.1 Å². The summed E-state index contributed by atoms with van der Waals surface area (Å²) in [7, 11) is 1.59. The topological polar surface area (TPSA) is 51.2 Å². The van der Waals surface area contributed by atoms with Crippen LogP contribution in [0.5, 0.6) is 5.75 Å². The summed E-state index contributed by atoms with van der Waals surface area (Å²) in [6, 6.07) is 17.5. The van der Waals surface area contributed by atoms with Crippen LogP contribution >= 0.6 is 23.1 Å². The number of methoxy groups -OCH3 is 1. The van der Waals surface area contributed by atoms with Crippen LogP contribution in [0, 0.1) is 0 Å². The molecule has 3 aromatic rings. The van der Waals surface area contributed by atoms with E-state index in [1.165, 1.54) is 0 Å². The number of carbonyl (C=O) groups is 1. The van der Waals surface area contributed by atoms with Gasteiger partial charge < -0.3 is 10.1 Å². The molecule has 25 heavy (non-hydrogen) atoms. The van der Waals surface area contributed by atoms with Crippen molar-refractivity contribution in [3.8, 4) is 17.0 Å². The number of amides is 1. The summed E-state index contributed by atoms with van der Waals surface area (Å²) in [6.45, 7) is 0. The molecule has 4 nitrogen and oxygen atoms in total. The molecule has 0 aliphatic carbocycles. The maximum Gasteiger partial charge on any atom is 0.225 e. The van der Waals surface area contributed by atoms with Gasteiger partial charge in [0.1, 0.15) is 5.75 Å². The molecule has 3 rings (SSSR count). The first-order valence-corrected chi connectivity index (χ1v) is 9.69. The van der Waals surface area contributed by atoms with E-state index in [-0.39, 0.29) is 5.91 Å². The van der Waals surface area contributed by atoms with E-state index in [0.29, 0.717) is 23.6 Å². The Hall–Kier alpha value is -2.31. The van der Waals surface area contributed by atoms with E-state index >= 15 is 0 Å². The van der Waals surface area contributed by atoms with Crippen molar-refractivity contribution in [2.24, 2.45) is 0 Å². The minimum atomic E-state index is -0.0307. The minimum absolute atomic E-state index is 0.0307. The number of carbonyl (C=O) groups excluding carboxylic acids is 1. The van der Waals surface area contributed by atoms with Crippen molar-refractivity contribution in [3.63, 3.8) is 0 Å². The van der Waals surface area contributed by atoms with Crippen LogP contribution in [0.15, 0.2) is 64.3 Å². The maximum atomic E-state index is 12.1. The van der Waals surface area contributed by atoms with Crippen LogP contribution in [0.3, 0.4) is 0 Å². The maximum absolute atomic E-state index is 12.1. The number of hydrogen-bond donors (Lipinski definition) is 1. The van der Waals surface area contributed by atoms with Crippen molar-refractivity contribution in [1.29, 1.82) is 0 Å². The number of benzene rings is 2. The van der Waals surface area contributed by atoms with Crippen LogP contribution in [0.2, 0.25) is 0 Å². The molecular weight excluding hydrogens is 352 g/mol. The lowest BCUT2D eigenvalue weighted by atomic mass is 10.2. The van der Waals surface area contributed by atoms with Crippen LogP contribution in [-0.2, 0) is 4.79 Å². The molecule has 1 heterocycles. The summed E-state index contributed by atoms with van der Waals surface area (Å²) >= 11 is 3.21. The van der Waals surface area contributed by atoms with E-state index < -0.39 is 0 Å². The molecule has 0 aliphatic rings. The van der Waals surface area contributed by atoms with E-state index in [1.807, 2.05) is 60.0 Å². The third kappa shape index (κ3) is 4.84. The second-order valence-corrected chi connectivity index (χ2v) is 7.41. The molecule has 0 aliphatic heterocycles. The molecule has 0 radical (unpaired) electrons. The second kappa shape index (κ2) is 8.69. The number of hydrogen-bond acceptors (Lipinski definition) is 5. The van der Waals surface area contributed by atoms with Crippen molar-refractivity contribution in [3.05, 3.63) is 60.0 Å². The van der Waals surface area contributed by atoms with E-state index in [9.17, 15) is 4.79 Å². The fourth-order valence-corrected chi connectivity index (χ4v) is 4.10. The minimum Gasteiger partial charge on any atom is -0.495 e. The zero-order chi connectivity index (χ0) is 17.5. The van der Waals surface area contributed by atoms with Gasteiger partial charge in [-0.3, -0.25) is 4.79 Å². The summed E-state index contributed by atoms with van der Waals surface area (Å²) in [5, 5.41) is 4.93. The van der Waals surface area contributed by atoms with Gasteiger partial charge in [0.2, 0.25) is 5.91 Å². The second-order valence-electron chi connectivity index (χ2n) is 5.21. The molecule has 0 saturated heterocycles. The van der Waals surface area contributed by atoms with Crippen molar-refractivity contribution in [2.45, 2.75) is 10.8 Å². The Morgan fingerprint density at radius 1 is 1.16 bits per heavy atom. The average Bonchev–Trinajstić information content (AvgIpc) is 3.12. The first kappa shape index (κ1) is 17.5. The van der Waals surface area contributed by atoms with Crippen LogP contribution in [0.4, 0.5) is 5.69 Å². The zero-order valence-corrected chi connectivity index (χ0v) is 15.4. The highest BCUT2D eigenvalue weighted by Crippen LogP contribution is 2.29. The highest BCUT2D eigenvalue weighted by Gasteiger charge is 2.09. The van der Waals surface area contributed by atoms with Gasteiger partial charge in [-0.25, -0.2) is 4.98 Å². The first-order valence-electron chi connectivity index (χ1n) is 7.83. The third-order valence-corrected chi connectivity index (χ3v) is 5.51. The number of ether oxygens (including phenoxy) is 1. The van der Waals surface area contributed by atoms with Gasteiger partial charge in [0.15, 0.2) is 4.34 Å². The van der Waals surface area contributed by atoms with Crippen molar-refractivity contribution >= 4 is 34.7 Å². The number of rotatable bonds is 7. The summed E-state index contributed by atoms with van der Waals surface area (Å²) < 4.78 is 6.21. The Kier molecular flexibility index (Phi) is 6.09. The van der Waals surface area contributed by atoms with Gasteiger partial charge in [0.25, 0.3) is 0 Å². The highest BCUT2D eigenvalue weighted by molar-refractivity contribution is 8.01. The summed E-state index contributed by atoms with van der Waals surface area (Å²) in [5.41, 5.74) is 2.78. The van der Waals surface area contributed by atoms with E-state index in [4.69, 9.17) is 4.74 Å². The van der Waals surface area contributed by atoms with Crippen LogP contribution < -0.4 is 10.1 Å². The van der Waals surface area contributed by atoms with Gasteiger partial charge in [0.05, 0.1) is 18.5 Å². The molecule has 0 fully saturated rings. The molecule has 128 valence electrons. The predicted molar refractivity (Wildman–Crippen MR) is 105 cm³/mol. The molecule has 0 spiro atoms. The predicted octanol–water partition coefficient (Wildman–Crippen LogP) is 4.94. The smallest absolute Gasteiger partial charge is 0.225 e. The summed E-state index contributed by atoms with van der Waals surface area (Å²) in [6.07, 6.45) is 0.420. The molecule has 2 aromatic carbocycles. The third-order valence-electron chi connectivity index (χ3n) is 3.49. The molecule has 0 saturated carbocycles. The molecular formula is C19H18N2O2S2. The lowest BCUT2D eigenvalue weighted by molar-refractivity contribution is -0.115. The van der Waals surface area contributed by atoms with Gasteiger partial charge >= 0.3 is 0 Å². The molecule has 1 amide bonds. The fraction of sp³-hybridized carbons (Fsp3) is 0.158. The highest BCUT2D eigenvalue weighted by atomic mass is 32.2. The lowest BCUT2D eigenvalue weighted by Crippen LogP contribution is -2.12. The molecule has 0 bridgehead atoms. The van der Waals surface area contributed by atoms with Crippen molar-refractivity contribution < 1.29 is 9.53 Å². The Bertz CT molecular complexity index is 834. The quantitative estimate of drug-likeness (QED) is 0.599. The van der Waals surface area contributed by atoms with Crippen molar-refractivity contribution in [2.75, 3.05) is 18.2 Å². The van der Waals surface area contributed by atoms with Gasteiger partial charge in [-0.15, -0.1) is 11.3 Å². The largest absolute Gasteiger partial charge is 0.495 e. The Morgan fingerprint density at radius 3 is 2.72 bits per heavy atom. The standard InChI is InChI=1S/C19H18N2O2S2/c1-23-17-10-6-5-9-15(17)20-18(22)11-12-24-19-21-16(13-25-19)14-7-3-2-4-8-14/h2-10,13H,11-12H2,1H3,(H,20,22). The average molecular weight is 370 g/mol. The molecule has 0 unspecified atom stereocenters. The normalized spacial score (nSPS) is 10.4. The van der Waals surface area contributed by atoms with E-state index in [0.717, 1.165) is 15.6 Å². The fourth-order valence-electron chi connectivity index (χ4n) is 2.26. The van der Waals surface area contributed by atoms with Crippen LogP contribution in [-0.4, -0.2) is 23.8 Å². The lowest BCUT2D eigenvalue weighted by Gasteiger charge is -2.09. The summed E-state index contributed by atoms with van der Waals surface area (Å²) in [4.78, 5) is 16.7. The Morgan fingerprint density at radius 2 is 1.92 bits per heavy atom. The van der Waals surface area contributed by atoms with Crippen LogP contribution in [0.25, 0.3) is 11.3 Å². The number of para-hydroxylation sites is 2. The van der Waals surface area contributed by atoms with Gasteiger partial charge in [-0.2, -0.15) is 0 Å². The molecule has 1 N–H and O–H groups in total. The molecule has 0 atom stereocenters. The van der Waals surface area contributed by atoms with Crippen molar-refractivity contribution in [1.82, 2.24) is 4.98 Å². The number of anilines is 1. The first-order chi connectivity index (χ1) is 12.3. The SMILES string of the molecule is COc1ccccc1NC(=O)CCSc1nc(-c2ccccc2)cs1. The monoisotopic (exact) mass is 370 g/mol. The Balaban J connectivity index is 1.50. The van der Waals surface area contributed by atoms with Gasteiger partial charge in [-0.1, -0.05) is 54.2 Å². The zero-order valence-electron chi connectivity index (χ0n) is 13.8. The molecule has 1 aromatic heterocycles. The van der Waals surface area contributed by atoms with Crippen LogP contribution in [0.1, 0.15) is 6.42 Å². The van der Waals surface area contributed by atoms with E-state index in [2.05, 4.69) is 10.3 Å². The number of thiazole rings is 1. The van der Waals surface area contributed by atoms with Gasteiger partial charge in [0, 0.05) is 23.1 Å². The van der Waals surface area contributed by atoms with E-state index in [1.54, 1.807) is 30.2 Å². The number of nitrogens with zero attached hydrogens (tertiary/aromatic N) is 1. The number of thioether (sulfide) groups is 1. The summed E-state index contributed by atoms with van der Waals surface area (Å²) in [5.74, 6) is 1.32. The number of nitrogens with one attached hydrogen (secondary N) is 1. The number of aromatic nitrogens is 1. The Labute approximate surface area is 155 Å².